The Labute approximate surface area is 129 Å². The van der Waals surface area contributed by atoms with E-state index in [1.54, 1.807) is 12.1 Å². The molecule has 0 saturated carbocycles. The number of likely N-dealkylation sites (tertiary alicyclic amines) is 1. The van der Waals surface area contributed by atoms with Crippen molar-refractivity contribution in [1.29, 1.82) is 0 Å². The zero-order valence-corrected chi connectivity index (χ0v) is 12.5. The number of benzene rings is 1. The molecule has 2 atom stereocenters. The highest BCUT2D eigenvalue weighted by Gasteiger charge is 2.29. The smallest absolute Gasteiger partial charge is 0.246 e. The number of rotatable bonds is 5. The standard InChI is InChI=1S/C15H21ClN2O3/c16-12-3-1-2-11(8-12)13(19)9-18-6-4-10(5-7-18)14(20)15(17)21/h1-3,8,10,13-14,19-20H,4-7,9H2,(H2,17,21)/t13-,14+/m0/s1. The van der Waals surface area contributed by atoms with E-state index in [1.165, 1.54) is 0 Å². The van der Waals surface area contributed by atoms with Crippen LogP contribution < -0.4 is 5.73 Å². The van der Waals surface area contributed by atoms with Crippen molar-refractivity contribution in [3.05, 3.63) is 34.9 Å². The van der Waals surface area contributed by atoms with Crippen LogP contribution in [0.2, 0.25) is 5.02 Å². The lowest BCUT2D eigenvalue weighted by Gasteiger charge is -2.34. The molecule has 1 saturated heterocycles. The van der Waals surface area contributed by atoms with E-state index in [0.717, 1.165) is 18.7 Å². The number of aliphatic hydroxyl groups excluding tert-OH is 2. The Morgan fingerprint density at radius 2 is 2.05 bits per heavy atom. The SMILES string of the molecule is NC(=O)[C@H](O)C1CCN(C[C@H](O)c2cccc(Cl)c2)CC1. The first kappa shape index (κ1) is 16.2. The highest BCUT2D eigenvalue weighted by molar-refractivity contribution is 6.30. The quantitative estimate of drug-likeness (QED) is 0.755. The number of halogens is 1. The van der Waals surface area contributed by atoms with Crippen LogP contribution in [0.1, 0.15) is 24.5 Å². The third-order valence-electron chi connectivity index (χ3n) is 4.03. The van der Waals surface area contributed by atoms with Crippen molar-refractivity contribution in [1.82, 2.24) is 4.90 Å². The summed E-state index contributed by atoms with van der Waals surface area (Å²) in [5.74, 6) is -0.741. The molecule has 0 spiro atoms. The third-order valence-corrected chi connectivity index (χ3v) is 4.27. The third kappa shape index (κ3) is 4.41. The molecule has 4 N–H and O–H groups in total. The Bertz CT molecular complexity index is 490. The van der Waals surface area contributed by atoms with Gasteiger partial charge in [0.05, 0.1) is 6.10 Å². The Morgan fingerprint density at radius 1 is 1.38 bits per heavy atom. The molecule has 2 rings (SSSR count). The van der Waals surface area contributed by atoms with Crippen LogP contribution in [0, 0.1) is 5.92 Å². The molecule has 1 aliphatic heterocycles. The van der Waals surface area contributed by atoms with E-state index in [9.17, 15) is 15.0 Å². The molecule has 0 aromatic heterocycles. The van der Waals surface area contributed by atoms with Gasteiger partial charge in [-0.25, -0.2) is 0 Å². The Hall–Kier alpha value is -1.14. The van der Waals surface area contributed by atoms with Crippen molar-refractivity contribution < 1.29 is 15.0 Å². The van der Waals surface area contributed by atoms with Crippen molar-refractivity contribution in [3.8, 4) is 0 Å². The number of primary amides is 1. The first-order chi connectivity index (χ1) is 9.97. The fourth-order valence-corrected chi connectivity index (χ4v) is 2.95. The normalized spacial score (nSPS) is 20.1. The van der Waals surface area contributed by atoms with Gasteiger partial charge in [0.2, 0.25) is 5.91 Å². The van der Waals surface area contributed by atoms with Gasteiger partial charge < -0.3 is 20.8 Å². The van der Waals surface area contributed by atoms with Gasteiger partial charge in [0, 0.05) is 11.6 Å². The van der Waals surface area contributed by atoms with Gasteiger partial charge in [-0.1, -0.05) is 23.7 Å². The van der Waals surface area contributed by atoms with Crippen LogP contribution in [-0.2, 0) is 4.79 Å². The Kier molecular flexibility index (Phi) is 5.58. The molecule has 1 heterocycles. The first-order valence-corrected chi connectivity index (χ1v) is 7.48. The molecule has 0 bridgehead atoms. The number of nitrogens with two attached hydrogens (primary N) is 1. The molecule has 1 fully saturated rings. The number of carbonyl (C=O) groups is 1. The molecule has 1 amide bonds. The molecule has 21 heavy (non-hydrogen) atoms. The maximum atomic E-state index is 11.0. The predicted octanol–water partition coefficient (Wildman–Crippen LogP) is 0.932. The van der Waals surface area contributed by atoms with Crippen molar-refractivity contribution >= 4 is 17.5 Å². The van der Waals surface area contributed by atoms with Crippen LogP contribution in [0.25, 0.3) is 0 Å². The van der Waals surface area contributed by atoms with Crippen LogP contribution in [0.4, 0.5) is 0 Å². The number of piperidine rings is 1. The summed E-state index contributed by atoms with van der Waals surface area (Å²) < 4.78 is 0. The van der Waals surface area contributed by atoms with Crippen LogP contribution in [0.3, 0.4) is 0 Å². The van der Waals surface area contributed by atoms with Crippen molar-refractivity contribution in [2.45, 2.75) is 25.0 Å². The average molecular weight is 313 g/mol. The van der Waals surface area contributed by atoms with Gasteiger partial charge in [0.25, 0.3) is 0 Å². The lowest BCUT2D eigenvalue weighted by molar-refractivity contribution is -0.129. The first-order valence-electron chi connectivity index (χ1n) is 7.10. The van der Waals surface area contributed by atoms with E-state index in [0.29, 0.717) is 24.4 Å². The van der Waals surface area contributed by atoms with Gasteiger partial charge in [-0.2, -0.15) is 0 Å². The zero-order chi connectivity index (χ0) is 15.4. The average Bonchev–Trinajstić information content (AvgIpc) is 2.47. The molecule has 1 aliphatic rings. The summed E-state index contributed by atoms with van der Waals surface area (Å²) in [5, 5.41) is 20.5. The monoisotopic (exact) mass is 312 g/mol. The summed E-state index contributed by atoms with van der Waals surface area (Å²) in [6.07, 6.45) is -0.259. The lowest BCUT2D eigenvalue weighted by Crippen LogP contribution is -2.43. The number of β-amino-alcohol motifs (C(OH)–C–C–N with tert-alkyl or cyclic N) is 1. The molecule has 1 aromatic rings. The topological polar surface area (TPSA) is 86.8 Å². The summed E-state index contributed by atoms with van der Waals surface area (Å²) in [4.78, 5) is 13.1. The minimum Gasteiger partial charge on any atom is -0.387 e. The molecule has 116 valence electrons. The Morgan fingerprint density at radius 3 is 2.62 bits per heavy atom. The number of nitrogens with zero attached hydrogens (tertiary/aromatic N) is 1. The van der Waals surface area contributed by atoms with E-state index >= 15 is 0 Å². The van der Waals surface area contributed by atoms with E-state index in [4.69, 9.17) is 17.3 Å². The van der Waals surface area contributed by atoms with Gasteiger partial charge in [0.1, 0.15) is 6.10 Å². The summed E-state index contributed by atoms with van der Waals surface area (Å²) >= 11 is 5.92. The van der Waals surface area contributed by atoms with E-state index < -0.39 is 18.1 Å². The molecule has 0 aliphatic carbocycles. The van der Waals surface area contributed by atoms with Crippen molar-refractivity contribution in [2.24, 2.45) is 11.7 Å². The molecule has 0 unspecified atom stereocenters. The van der Waals surface area contributed by atoms with Crippen LogP contribution in [0.5, 0.6) is 0 Å². The second-order valence-electron chi connectivity index (χ2n) is 5.56. The van der Waals surface area contributed by atoms with Crippen LogP contribution in [-0.4, -0.2) is 46.8 Å². The Balaban J connectivity index is 1.84. The van der Waals surface area contributed by atoms with Crippen molar-refractivity contribution in [3.63, 3.8) is 0 Å². The van der Waals surface area contributed by atoms with Crippen LogP contribution >= 0.6 is 11.6 Å². The molecule has 6 heteroatoms. The molecule has 1 aromatic carbocycles. The van der Waals surface area contributed by atoms with Gasteiger partial charge in [-0.3, -0.25) is 4.79 Å². The largest absolute Gasteiger partial charge is 0.387 e. The highest BCUT2D eigenvalue weighted by atomic mass is 35.5. The van der Waals surface area contributed by atoms with Gasteiger partial charge in [0.15, 0.2) is 0 Å². The van der Waals surface area contributed by atoms with Gasteiger partial charge >= 0.3 is 0 Å². The second kappa shape index (κ2) is 7.22. The van der Waals surface area contributed by atoms with Crippen LogP contribution in [0.15, 0.2) is 24.3 Å². The molecular formula is C15H21ClN2O3. The van der Waals surface area contributed by atoms with Crippen molar-refractivity contribution in [2.75, 3.05) is 19.6 Å². The highest BCUT2D eigenvalue weighted by Crippen LogP contribution is 2.24. The summed E-state index contributed by atoms with van der Waals surface area (Å²) in [5.41, 5.74) is 5.91. The number of aliphatic hydroxyl groups is 2. The predicted molar refractivity (Wildman–Crippen MR) is 80.8 cm³/mol. The minimum absolute atomic E-state index is 0.0814. The zero-order valence-electron chi connectivity index (χ0n) is 11.8. The molecular weight excluding hydrogens is 292 g/mol. The number of carbonyl (C=O) groups excluding carboxylic acids is 1. The lowest BCUT2D eigenvalue weighted by atomic mass is 9.90. The fraction of sp³-hybridized carbons (Fsp3) is 0.533. The minimum atomic E-state index is -1.06. The van der Waals surface area contributed by atoms with E-state index in [-0.39, 0.29) is 5.92 Å². The fourth-order valence-electron chi connectivity index (χ4n) is 2.75. The summed E-state index contributed by atoms with van der Waals surface area (Å²) in [7, 11) is 0. The second-order valence-corrected chi connectivity index (χ2v) is 5.99. The van der Waals surface area contributed by atoms with E-state index in [2.05, 4.69) is 4.90 Å². The maximum absolute atomic E-state index is 11.0. The van der Waals surface area contributed by atoms with Gasteiger partial charge in [-0.15, -0.1) is 0 Å². The number of hydrogen-bond acceptors (Lipinski definition) is 4. The molecule has 5 nitrogen and oxygen atoms in total. The van der Waals surface area contributed by atoms with E-state index in [1.807, 2.05) is 12.1 Å². The van der Waals surface area contributed by atoms with Gasteiger partial charge in [-0.05, 0) is 49.5 Å². The molecule has 0 radical (unpaired) electrons. The number of amides is 1. The maximum Gasteiger partial charge on any atom is 0.246 e. The number of hydrogen-bond donors (Lipinski definition) is 3. The summed E-state index contributed by atoms with van der Waals surface area (Å²) in [6, 6.07) is 7.20. The summed E-state index contributed by atoms with van der Waals surface area (Å²) in [6.45, 7) is 1.97.